The topological polar surface area (TPSA) is 108 Å². The zero-order valence-electron chi connectivity index (χ0n) is 17.2. The smallest absolute Gasteiger partial charge is 0.409 e. The SMILES string of the molecule is CSCC1=NC(NC(=O)OCc2ccccc2)C(=O)N(CC(=O)O)c2c(C)cccc21. The molecule has 162 valence electrons. The molecule has 31 heavy (non-hydrogen) atoms. The quantitative estimate of drug-likeness (QED) is 0.684. The van der Waals surface area contributed by atoms with E-state index in [2.05, 4.69) is 10.3 Å². The number of carboxylic acid groups (broad SMARTS) is 1. The maximum atomic E-state index is 13.2. The Balaban J connectivity index is 1.90. The first-order chi connectivity index (χ1) is 14.9. The van der Waals surface area contributed by atoms with Crippen LogP contribution in [0.4, 0.5) is 10.5 Å². The Labute approximate surface area is 184 Å². The second kappa shape index (κ2) is 10.1. The van der Waals surface area contributed by atoms with Crippen molar-refractivity contribution >= 4 is 41.1 Å². The lowest BCUT2D eigenvalue weighted by Gasteiger charge is -2.25. The van der Waals surface area contributed by atoms with Gasteiger partial charge in [0.15, 0.2) is 0 Å². The molecule has 0 saturated heterocycles. The van der Waals surface area contributed by atoms with Crippen molar-refractivity contribution in [3.63, 3.8) is 0 Å². The van der Waals surface area contributed by atoms with Crippen LogP contribution < -0.4 is 10.2 Å². The molecule has 2 amide bonds. The minimum absolute atomic E-state index is 0.0349. The third-order valence-electron chi connectivity index (χ3n) is 4.65. The summed E-state index contributed by atoms with van der Waals surface area (Å²) in [7, 11) is 0. The van der Waals surface area contributed by atoms with Crippen molar-refractivity contribution in [3.8, 4) is 0 Å². The summed E-state index contributed by atoms with van der Waals surface area (Å²) < 4.78 is 5.22. The number of alkyl carbamates (subject to hydrolysis) is 1. The van der Waals surface area contributed by atoms with Gasteiger partial charge in [0.25, 0.3) is 5.91 Å². The number of para-hydroxylation sites is 1. The standard InChI is InChI=1S/C22H23N3O5S/c1-14-7-6-10-16-17(13-31-2)23-20(21(28)25(19(14)16)11-18(26)27)24-22(29)30-12-15-8-4-3-5-9-15/h3-10,20H,11-13H2,1-2H3,(H,24,29)(H,26,27). The van der Waals surface area contributed by atoms with Crippen LogP contribution in [-0.2, 0) is 20.9 Å². The van der Waals surface area contributed by atoms with Crippen LogP contribution in [0.1, 0.15) is 16.7 Å². The summed E-state index contributed by atoms with van der Waals surface area (Å²) in [6.07, 6.45) is -0.208. The average molecular weight is 442 g/mol. The number of carbonyl (C=O) groups excluding carboxylic acids is 2. The van der Waals surface area contributed by atoms with Crippen LogP contribution in [0, 0.1) is 6.92 Å². The van der Waals surface area contributed by atoms with Crippen molar-refractivity contribution in [2.75, 3.05) is 23.5 Å². The number of anilines is 1. The highest BCUT2D eigenvalue weighted by atomic mass is 32.2. The Morgan fingerprint density at radius 2 is 1.94 bits per heavy atom. The zero-order chi connectivity index (χ0) is 22.4. The van der Waals surface area contributed by atoms with Gasteiger partial charge >= 0.3 is 12.1 Å². The van der Waals surface area contributed by atoms with E-state index >= 15 is 0 Å². The maximum absolute atomic E-state index is 13.2. The number of hydrogen-bond acceptors (Lipinski definition) is 6. The number of thioether (sulfide) groups is 1. The number of carboxylic acids is 1. The lowest BCUT2D eigenvalue weighted by Crippen LogP contribution is -2.49. The fraction of sp³-hybridized carbons (Fsp3) is 0.273. The summed E-state index contributed by atoms with van der Waals surface area (Å²) in [6, 6.07) is 14.6. The predicted molar refractivity (Wildman–Crippen MR) is 120 cm³/mol. The van der Waals surface area contributed by atoms with E-state index in [1.54, 1.807) is 19.1 Å². The summed E-state index contributed by atoms with van der Waals surface area (Å²) in [5.41, 5.74) is 3.30. The molecule has 0 bridgehead atoms. The molecule has 2 aromatic carbocycles. The Morgan fingerprint density at radius 1 is 1.19 bits per heavy atom. The fourth-order valence-corrected chi connectivity index (χ4v) is 3.81. The number of carbonyl (C=O) groups is 3. The van der Waals surface area contributed by atoms with Crippen LogP contribution >= 0.6 is 11.8 Å². The number of nitrogens with one attached hydrogen (secondary N) is 1. The molecule has 1 aliphatic rings. The Bertz CT molecular complexity index is 1010. The van der Waals surface area contributed by atoms with Crippen molar-refractivity contribution in [1.82, 2.24) is 5.32 Å². The predicted octanol–water partition coefficient (Wildman–Crippen LogP) is 2.83. The van der Waals surface area contributed by atoms with Crippen LogP contribution in [0.25, 0.3) is 0 Å². The molecule has 1 aliphatic heterocycles. The molecular formula is C22H23N3O5S. The van der Waals surface area contributed by atoms with E-state index < -0.39 is 30.7 Å². The largest absolute Gasteiger partial charge is 0.480 e. The molecule has 0 fully saturated rings. The number of ether oxygens (including phenoxy) is 1. The number of benzene rings is 2. The number of benzodiazepines with no additional fused rings is 1. The van der Waals surface area contributed by atoms with Gasteiger partial charge in [0, 0.05) is 11.3 Å². The van der Waals surface area contributed by atoms with Crippen LogP contribution in [-0.4, -0.2) is 53.5 Å². The van der Waals surface area contributed by atoms with E-state index in [1.807, 2.05) is 42.7 Å². The van der Waals surface area contributed by atoms with Gasteiger partial charge in [-0.1, -0.05) is 48.5 Å². The minimum Gasteiger partial charge on any atom is -0.480 e. The first kappa shape index (κ1) is 22.4. The van der Waals surface area contributed by atoms with Gasteiger partial charge in [-0.2, -0.15) is 11.8 Å². The van der Waals surface area contributed by atoms with Crippen molar-refractivity contribution < 1.29 is 24.2 Å². The second-order valence-corrected chi connectivity index (χ2v) is 7.77. The highest BCUT2D eigenvalue weighted by molar-refractivity contribution is 7.99. The number of fused-ring (bicyclic) bond motifs is 1. The molecule has 0 aromatic heterocycles. The lowest BCUT2D eigenvalue weighted by atomic mass is 10.0. The molecule has 1 heterocycles. The van der Waals surface area contributed by atoms with Crippen LogP contribution in [0.3, 0.4) is 0 Å². The van der Waals surface area contributed by atoms with Crippen molar-refractivity contribution in [2.45, 2.75) is 19.7 Å². The monoisotopic (exact) mass is 441 g/mol. The average Bonchev–Trinajstić information content (AvgIpc) is 2.84. The van der Waals surface area contributed by atoms with Gasteiger partial charge in [-0.05, 0) is 24.3 Å². The van der Waals surface area contributed by atoms with E-state index in [9.17, 15) is 19.5 Å². The summed E-state index contributed by atoms with van der Waals surface area (Å²) in [4.78, 5) is 42.7. The Hall–Kier alpha value is -3.33. The molecule has 2 N–H and O–H groups in total. The Morgan fingerprint density at radius 3 is 2.61 bits per heavy atom. The van der Waals surface area contributed by atoms with Gasteiger partial charge in [-0.15, -0.1) is 0 Å². The third-order valence-corrected chi connectivity index (χ3v) is 5.21. The number of rotatable bonds is 7. The maximum Gasteiger partial charge on any atom is 0.409 e. The van der Waals surface area contributed by atoms with E-state index in [4.69, 9.17) is 4.74 Å². The Kier molecular flexibility index (Phi) is 7.30. The summed E-state index contributed by atoms with van der Waals surface area (Å²) in [5, 5.41) is 11.9. The van der Waals surface area contributed by atoms with Gasteiger partial charge in [0.05, 0.1) is 11.4 Å². The molecule has 1 atom stereocenters. The third kappa shape index (κ3) is 5.43. The minimum atomic E-state index is -1.29. The van der Waals surface area contributed by atoms with Gasteiger partial charge in [-0.3, -0.25) is 24.8 Å². The summed E-state index contributed by atoms with van der Waals surface area (Å²) >= 11 is 1.51. The molecule has 9 heteroatoms. The van der Waals surface area contributed by atoms with E-state index in [-0.39, 0.29) is 6.61 Å². The van der Waals surface area contributed by atoms with E-state index in [0.29, 0.717) is 22.7 Å². The normalized spacial score (nSPS) is 15.5. The highest BCUT2D eigenvalue weighted by Crippen LogP contribution is 2.30. The van der Waals surface area contributed by atoms with Crippen molar-refractivity contribution in [3.05, 3.63) is 65.2 Å². The number of aryl methyl sites for hydroxylation is 1. The number of hydrogen-bond donors (Lipinski definition) is 2. The molecule has 0 spiro atoms. The van der Waals surface area contributed by atoms with Crippen molar-refractivity contribution in [1.29, 1.82) is 0 Å². The molecule has 8 nitrogen and oxygen atoms in total. The first-order valence-corrected chi connectivity index (χ1v) is 11.0. The zero-order valence-corrected chi connectivity index (χ0v) is 18.0. The molecule has 0 aliphatic carbocycles. The number of aliphatic carboxylic acids is 1. The number of amides is 2. The molecule has 0 radical (unpaired) electrons. The van der Waals surface area contributed by atoms with Crippen LogP contribution in [0.2, 0.25) is 0 Å². The number of aliphatic imine (C=N–C) groups is 1. The molecule has 1 unspecified atom stereocenters. The van der Waals surface area contributed by atoms with Gasteiger partial charge in [0.1, 0.15) is 13.2 Å². The van der Waals surface area contributed by atoms with Crippen LogP contribution in [0.15, 0.2) is 53.5 Å². The van der Waals surface area contributed by atoms with E-state index in [1.165, 1.54) is 11.8 Å². The van der Waals surface area contributed by atoms with Gasteiger partial charge < -0.3 is 9.84 Å². The summed E-state index contributed by atoms with van der Waals surface area (Å²) in [5.74, 6) is -1.31. The van der Waals surface area contributed by atoms with Crippen LogP contribution in [0.5, 0.6) is 0 Å². The highest BCUT2D eigenvalue weighted by Gasteiger charge is 2.34. The van der Waals surface area contributed by atoms with Crippen molar-refractivity contribution in [2.24, 2.45) is 4.99 Å². The first-order valence-electron chi connectivity index (χ1n) is 9.56. The molecule has 0 saturated carbocycles. The second-order valence-electron chi connectivity index (χ2n) is 6.91. The molecule has 3 rings (SSSR count). The summed E-state index contributed by atoms with van der Waals surface area (Å²) in [6.45, 7) is 1.29. The fourth-order valence-electron chi connectivity index (χ4n) is 3.30. The van der Waals surface area contributed by atoms with Gasteiger partial charge in [-0.25, -0.2) is 4.79 Å². The number of nitrogens with zero attached hydrogens (tertiary/aromatic N) is 2. The molecular weight excluding hydrogens is 418 g/mol. The molecule has 2 aromatic rings. The van der Waals surface area contributed by atoms with Gasteiger partial charge in [0.2, 0.25) is 6.17 Å². The lowest BCUT2D eigenvalue weighted by molar-refractivity contribution is -0.136. The van der Waals surface area contributed by atoms with E-state index in [0.717, 1.165) is 16.0 Å².